The zero-order valence-corrected chi connectivity index (χ0v) is 12.1. The Bertz CT molecular complexity index is 716. The number of hydrogen-bond acceptors (Lipinski definition) is 2. The lowest BCUT2D eigenvalue weighted by Gasteiger charge is -2.14. The van der Waals surface area contributed by atoms with Gasteiger partial charge in [-0.25, -0.2) is 4.68 Å². The Morgan fingerprint density at radius 3 is 2.52 bits per heavy atom. The van der Waals surface area contributed by atoms with E-state index in [0.29, 0.717) is 0 Å². The summed E-state index contributed by atoms with van der Waals surface area (Å²) in [4.78, 5) is 0. The number of hydrogen-bond donors (Lipinski definition) is 1. The third-order valence-electron chi connectivity index (χ3n) is 3.75. The molecule has 0 saturated carbocycles. The Balaban J connectivity index is 1.93. The Morgan fingerprint density at radius 1 is 1.05 bits per heavy atom. The molecule has 3 heteroatoms. The highest BCUT2D eigenvalue weighted by atomic mass is 15.3. The normalized spacial score (nSPS) is 12.3. The van der Waals surface area contributed by atoms with Gasteiger partial charge in [0.15, 0.2) is 0 Å². The first-order chi connectivity index (χ1) is 10.3. The van der Waals surface area contributed by atoms with E-state index in [4.69, 9.17) is 5.73 Å². The molecule has 0 aliphatic heterocycles. The van der Waals surface area contributed by atoms with Gasteiger partial charge < -0.3 is 5.73 Å². The Labute approximate surface area is 125 Å². The van der Waals surface area contributed by atoms with E-state index in [0.717, 1.165) is 17.7 Å². The van der Waals surface area contributed by atoms with E-state index < -0.39 is 0 Å². The van der Waals surface area contributed by atoms with Gasteiger partial charge in [0.05, 0.1) is 17.9 Å². The van der Waals surface area contributed by atoms with Gasteiger partial charge in [0.1, 0.15) is 0 Å². The minimum Gasteiger partial charge on any atom is -0.320 e. The first-order valence-corrected chi connectivity index (χ1v) is 7.23. The quantitative estimate of drug-likeness (QED) is 0.793. The summed E-state index contributed by atoms with van der Waals surface area (Å²) in [5, 5.41) is 4.43. The number of para-hydroxylation sites is 1. The molecule has 106 valence electrons. The highest BCUT2D eigenvalue weighted by molar-refractivity contribution is 5.37. The van der Waals surface area contributed by atoms with Gasteiger partial charge in [-0.1, -0.05) is 49.4 Å². The van der Waals surface area contributed by atoms with E-state index in [1.54, 1.807) is 0 Å². The molecule has 1 unspecified atom stereocenters. The molecule has 1 aromatic heterocycles. The molecule has 0 aliphatic carbocycles. The lowest BCUT2D eigenvalue weighted by atomic mass is 9.96. The largest absolute Gasteiger partial charge is 0.320 e. The van der Waals surface area contributed by atoms with Crippen LogP contribution in [0.25, 0.3) is 5.69 Å². The molecule has 0 fully saturated rings. The van der Waals surface area contributed by atoms with Crippen molar-refractivity contribution < 1.29 is 0 Å². The summed E-state index contributed by atoms with van der Waals surface area (Å²) in [5.41, 5.74) is 11.0. The summed E-state index contributed by atoms with van der Waals surface area (Å²) in [6, 6.07) is 18.3. The maximum atomic E-state index is 6.43. The fourth-order valence-corrected chi connectivity index (χ4v) is 2.56. The van der Waals surface area contributed by atoms with Crippen LogP contribution in [0.5, 0.6) is 0 Å². The lowest BCUT2D eigenvalue weighted by Crippen LogP contribution is -2.13. The molecular formula is C18H19N3. The van der Waals surface area contributed by atoms with Gasteiger partial charge in [0.25, 0.3) is 0 Å². The number of nitrogens with zero attached hydrogens (tertiary/aromatic N) is 2. The summed E-state index contributed by atoms with van der Waals surface area (Å²) in [5.74, 6) is 0. The third-order valence-corrected chi connectivity index (χ3v) is 3.75. The molecule has 2 N–H and O–H groups in total. The molecular weight excluding hydrogens is 258 g/mol. The van der Waals surface area contributed by atoms with Crippen molar-refractivity contribution in [2.45, 2.75) is 19.4 Å². The van der Waals surface area contributed by atoms with Crippen LogP contribution < -0.4 is 5.73 Å². The average molecular weight is 277 g/mol. The van der Waals surface area contributed by atoms with E-state index >= 15 is 0 Å². The van der Waals surface area contributed by atoms with Crippen molar-refractivity contribution in [2.75, 3.05) is 0 Å². The van der Waals surface area contributed by atoms with Crippen LogP contribution in [0, 0.1) is 0 Å². The summed E-state index contributed by atoms with van der Waals surface area (Å²) in [6.07, 6.45) is 4.84. The van der Waals surface area contributed by atoms with Crippen LogP contribution in [0.4, 0.5) is 0 Å². The molecule has 0 bridgehead atoms. The van der Waals surface area contributed by atoms with Crippen molar-refractivity contribution in [3.05, 3.63) is 83.7 Å². The highest BCUT2D eigenvalue weighted by Gasteiger charge is 2.14. The SMILES string of the molecule is CCc1ccccc1C(N)c1cnn(-c2ccccc2)c1. The average Bonchev–Trinajstić information content (AvgIpc) is 3.05. The van der Waals surface area contributed by atoms with Crippen LogP contribution in [0.3, 0.4) is 0 Å². The van der Waals surface area contributed by atoms with Crippen molar-refractivity contribution in [3.8, 4) is 5.69 Å². The summed E-state index contributed by atoms with van der Waals surface area (Å²) in [7, 11) is 0. The van der Waals surface area contributed by atoms with Gasteiger partial charge >= 0.3 is 0 Å². The molecule has 0 aliphatic rings. The zero-order valence-electron chi connectivity index (χ0n) is 12.1. The van der Waals surface area contributed by atoms with Gasteiger partial charge in [-0.05, 0) is 29.7 Å². The maximum Gasteiger partial charge on any atom is 0.0645 e. The molecule has 3 rings (SSSR count). The smallest absolute Gasteiger partial charge is 0.0645 e. The van der Waals surface area contributed by atoms with Gasteiger partial charge in [-0.15, -0.1) is 0 Å². The Hall–Kier alpha value is -2.39. The predicted molar refractivity (Wildman–Crippen MR) is 85.4 cm³/mol. The minimum atomic E-state index is -0.140. The molecule has 2 aromatic carbocycles. The van der Waals surface area contributed by atoms with E-state index in [9.17, 15) is 0 Å². The van der Waals surface area contributed by atoms with Crippen molar-refractivity contribution >= 4 is 0 Å². The van der Waals surface area contributed by atoms with E-state index in [1.807, 2.05) is 53.5 Å². The second-order valence-corrected chi connectivity index (χ2v) is 5.08. The molecule has 3 nitrogen and oxygen atoms in total. The molecule has 0 saturated heterocycles. The Morgan fingerprint density at radius 2 is 1.76 bits per heavy atom. The Kier molecular flexibility index (Phi) is 3.84. The fraction of sp³-hybridized carbons (Fsp3) is 0.167. The second kappa shape index (κ2) is 5.94. The zero-order chi connectivity index (χ0) is 14.7. The minimum absolute atomic E-state index is 0.140. The molecule has 0 spiro atoms. The maximum absolute atomic E-state index is 6.43. The number of aryl methyl sites for hydroxylation is 1. The lowest BCUT2D eigenvalue weighted by molar-refractivity contribution is 0.845. The van der Waals surface area contributed by atoms with Crippen LogP contribution >= 0.6 is 0 Å². The van der Waals surface area contributed by atoms with E-state index in [2.05, 4.69) is 30.2 Å². The predicted octanol–water partition coefficient (Wildman–Crippen LogP) is 3.48. The molecule has 1 atom stereocenters. The van der Waals surface area contributed by atoms with Crippen molar-refractivity contribution in [1.29, 1.82) is 0 Å². The second-order valence-electron chi connectivity index (χ2n) is 5.08. The fourth-order valence-electron chi connectivity index (χ4n) is 2.56. The van der Waals surface area contributed by atoms with Crippen LogP contribution in [0.1, 0.15) is 29.7 Å². The molecule has 21 heavy (non-hydrogen) atoms. The summed E-state index contributed by atoms with van der Waals surface area (Å²) >= 11 is 0. The summed E-state index contributed by atoms with van der Waals surface area (Å²) in [6.45, 7) is 2.15. The first kappa shape index (κ1) is 13.6. The topological polar surface area (TPSA) is 43.8 Å². The van der Waals surface area contributed by atoms with Crippen molar-refractivity contribution in [2.24, 2.45) is 5.73 Å². The van der Waals surface area contributed by atoms with Crippen LogP contribution in [0.15, 0.2) is 67.0 Å². The standard InChI is InChI=1S/C18H19N3/c1-2-14-8-6-7-11-17(14)18(19)15-12-20-21(13-15)16-9-4-3-5-10-16/h3-13,18H,2,19H2,1H3. The van der Waals surface area contributed by atoms with Gasteiger partial charge in [-0.3, -0.25) is 0 Å². The van der Waals surface area contributed by atoms with Gasteiger partial charge in [0, 0.05) is 11.8 Å². The monoisotopic (exact) mass is 277 g/mol. The highest BCUT2D eigenvalue weighted by Crippen LogP contribution is 2.23. The van der Waals surface area contributed by atoms with Crippen LogP contribution in [0.2, 0.25) is 0 Å². The number of benzene rings is 2. The number of aromatic nitrogens is 2. The molecule has 3 aromatic rings. The first-order valence-electron chi connectivity index (χ1n) is 7.23. The summed E-state index contributed by atoms with van der Waals surface area (Å²) < 4.78 is 1.86. The number of nitrogens with two attached hydrogens (primary N) is 1. The van der Waals surface area contributed by atoms with Crippen LogP contribution in [-0.2, 0) is 6.42 Å². The molecule has 1 heterocycles. The van der Waals surface area contributed by atoms with E-state index in [1.165, 1.54) is 11.1 Å². The molecule has 0 amide bonds. The number of rotatable bonds is 4. The van der Waals surface area contributed by atoms with Gasteiger partial charge in [-0.2, -0.15) is 5.10 Å². The third kappa shape index (κ3) is 2.73. The van der Waals surface area contributed by atoms with Crippen molar-refractivity contribution in [3.63, 3.8) is 0 Å². The van der Waals surface area contributed by atoms with Crippen LogP contribution in [-0.4, -0.2) is 9.78 Å². The van der Waals surface area contributed by atoms with E-state index in [-0.39, 0.29) is 6.04 Å². The van der Waals surface area contributed by atoms with Crippen molar-refractivity contribution in [1.82, 2.24) is 9.78 Å². The van der Waals surface area contributed by atoms with Gasteiger partial charge in [0.2, 0.25) is 0 Å². The molecule has 0 radical (unpaired) electrons.